The molecule has 0 atom stereocenters. The molecule has 0 aliphatic rings. The first-order chi connectivity index (χ1) is 6.98. The zero-order valence-electron chi connectivity index (χ0n) is 7.41. The van der Waals surface area contributed by atoms with Crippen LogP contribution in [0.1, 0.15) is 0 Å². The van der Waals surface area contributed by atoms with Crippen LogP contribution < -0.4 is 10.9 Å². The molecule has 15 heavy (non-hydrogen) atoms. The predicted molar refractivity (Wildman–Crippen MR) is 51.2 cm³/mol. The lowest BCUT2D eigenvalue weighted by Crippen LogP contribution is -2.33. The molecule has 0 radical (unpaired) electrons. The van der Waals surface area contributed by atoms with E-state index in [9.17, 15) is 17.7 Å². The molecule has 0 saturated carbocycles. The van der Waals surface area contributed by atoms with Gasteiger partial charge in [0.15, 0.2) is 5.43 Å². The second-order valence-corrected chi connectivity index (χ2v) is 3.12. The highest BCUT2D eigenvalue weighted by Crippen LogP contribution is 2.13. The molecule has 0 fully saturated rings. The van der Waals surface area contributed by atoms with Crippen LogP contribution in [0.2, 0.25) is 0 Å². The first kappa shape index (κ1) is 9.83. The SMILES string of the molecule is O=c1ccoc2cc([B-](F)(F)F)ccc12. The Balaban J connectivity index is 2.73. The van der Waals surface area contributed by atoms with Gasteiger partial charge in [0.25, 0.3) is 0 Å². The molecule has 0 aliphatic heterocycles. The van der Waals surface area contributed by atoms with Crippen molar-refractivity contribution in [2.75, 3.05) is 0 Å². The maximum Gasteiger partial charge on any atom is 0.509 e. The van der Waals surface area contributed by atoms with Gasteiger partial charge in [-0.15, -0.1) is 5.46 Å². The molecule has 0 spiro atoms. The Bertz CT molecular complexity index is 559. The summed E-state index contributed by atoms with van der Waals surface area (Å²) in [5.74, 6) is 0. The highest BCUT2D eigenvalue weighted by Gasteiger charge is 2.25. The molecule has 1 aromatic heterocycles. The van der Waals surface area contributed by atoms with Crippen LogP contribution in [0.5, 0.6) is 0 Å². The highest BCUT2D eigenvalue weighted by molar-refractivity contribution is 6.73. The molecule has 2 rings (SSSR count). The zero-order chi connectivity index (χ0) is 11.1. The van der Waals surface area contributed by atoms with Crippen LogP contribution in [0.25, 0.3) is 11.0 Å². The first-order valence-electron chi connectivity index (χ1n) is 4.20. The van der Waals surface area contributed by atoms with Crippen molar-refractivity contribution in [2.45, 2.75) is 0 Å². The zero-order valence-corrected chi connectivity index (χ0v) is 7.41. The average molecular weight is 213 g/mol. The molecular formula is C9H5BF3O2-. The van der Waals surface area contributed by atoms with E-state index in [2.05, 4.69) is 0 Å². The summed E-state index contributed by atoms with van der Waals surface area (Å²) in [6, 6.07) is 4.03. The minimum atomic E-state index is -5.06. The molecule has 2 aromatic rings. The first-order valence-corrected chi connectivity index (χ1v) is 4.20. The minimum Gasteiger partial charge on any atom is -0.464 e. The fourth-order valence-electron chi connectivity index (χ4n) is 1.30. The monoisotopic (exact) mass is 213 g/mol. The highest BCUT2D eigenvalue weighted by atomic mass is 19.4. The summed E-state index contributed by atoms with van der Waals surface area (Å²) in [5.41, 5.74) is -1.16. The number of benzene rings is 1. The van der Waals surface area contributed by atoms with Gasteiger partial charge in [0.05, 0.1) is 11.6 Å². The third-order valence-corrected chi connectivity index (χ3v) is 2.06. The lowest BCUT2D eigenvalue weighted by Gasteiger charge is -2.14. The third-order valence-electron chi connectivity index (χ3n) is 2.06. The van der Waals surface area contributed by atoms with Crippen molar-refractivity contribution in [3.05, 3.63) is 40.8 Å². The second-order valence-electron chi connectivity index (χ2n) is 3.12. The lowest BCUT2D eigenvalue weighted by atomic mass is 9.80. The van der Waals surface area contributed by atoms with Gasteiger partial charge in [0.2, 0.25) is 0 Å². The molecule has 0 amide bonds. The van der Waals surface area contributed by atoms with Gasteiger partial charge < -0.3 is 17.4 Å². The van der Waals surface area contributed by atoms with Crippen LogP contribution in [-0.2, 0) is 0 Å². The van der Waals surface area contributed by atoms with Crippen molar-refractivity contribution in [1.29, 1.82) is 0 Å². The summed E-state index contributed by atoms with van der Waals surface area (Å²) in [5, 5.41) is 0.154. The molecule has 0 N–H and O–H groups in total. The van der Waals surface area contributed by atoms with Crippen LogP contribution >= 0.6 is 0 Å². The molecule has 1 aromatic carbocycles. The molecule has 78 valence electrons. The van der Waals surface area contributed by atoms with Gasteiger partial charge in [-0.25, -0.2) is 0 Å². The number of halogens is 3. The van der Waals surface area contributed by atoms with E-state index in [4.69, 9.17) is 4.42 Å². The summed E-state index contributed by atoms with van der Waals surface area (Å²) >= 11 is 0. The molecule has 0 aliphatic carbocycles. The van der Waals surface area contributed by atoms with Gasteiger partial charge in [-0.3, -0.25) is 4.79 Å². The second kappa shape index (κ2) is 3.15. The molecule has 0 unspecified atom stereocenters. The van der Waals surface area contributed by atoms with E-state index >= 15 is 0 Å². The molecule has 2 nitrogen and oxygen atoms in total. The van der Waals surface area contributed by atoms with Gasteiger partial charge in [-0.1, -0.05) is 12.1 Å². The fraction of sp³-hybridized carbons (Fsp3) is 0. The number of rotatable bonds is 1. The van der Waals surface area contributed by atoms with Crippen molar-refractivity contribution in [3.63, 3.8) is 0 Å². The Hall–Kier alpha value is -1.72. The predicted octanol–water partition coefficient (Wildman–Crippen LogP) is 1.85. The Kier molecular flexibility index (Phi) is 2.06. The average Bonchev–Trinajstić information content (AvgIpc) is 2.16. The summed E-state index contributed by atoms with van der Waals surface area (Å²) < 4.78 is 41.9. The largest absolute Gasteiger partial charge is 0.509 e. The standard InChI is InChI=1S/C9H5BF3O2/c11-10(12,13)6-1-2-7-8(14)3-4-15-9(7)5-6/h1-5H/q-1. The molecule has 0 saturated heterocycles. The quantitative estimate of drug-likeness (QED) is 0.676. The number of hydrogen-bond acceptors (Lipinski definition) is 2. The van der Waals surface area contributed by atoms with E-state index in [-0.39, 0.29) is 16.4 Å². The van der Waals surface area contributed by atoms with E-state index in [1.54, 1.807) is 0 Å². The van der Waals surface area contributed by atoms with Crippen molar-refractivity contribution >= 4 is 23.4 Å². The van der Waals surface area contributed by atoms with E-state index in [1.165, 1.54) is 6.07 Å². The Morgan fingerprint density at radius 2 is 1.87 bits per heavy atom. The number of hydrogen-bond donors (Lipinski definition) is 0. The summed E-state index contributed by atoms with van der Waals surface area (Å²) in [7, 11) is 0. The topological polar surface area (TPSA) is 30.2 Å². The smallest absolute Gasteiger partial charge is 0.464 e. The van der Waals surface area contributed by atoms with Crippen molar-refractivity contribution in [1.82, 2.24) is 0 Å². The third kappa shape index (κ3) is 1.75. The van der Waals surface area contributed by atoms with Crippen molar-refractivity contribution in [2.24, 2.45) is 0 Å². The Morgan fingerprint density at radius 1 is 1.13 bits per heavy atom. The Morgan fingerprint density at radius 3 is 2.53 bits per heavy atom. The molecule has 6 heteroatoms. The van der Waals surface area contributed by atoms with E-state index in [0.717, 1.165) is 24.5 Å². The minimum absolute atomic E-state index is 0.0424. The van der Waals surface area contributed by atoms with Crippen LogP contribution in [-0.4, -0.2) is 6.98 Å². The summed E-state index contributed by atoms with van der Waals surface area (Å²) in [6.07, 6.45) is 1.08. The van der Waals surface area contributed by atoms with E-state index in [1.807, 2.05) is 0 Å². The van der Waals surface area contributed by atoms with Gasteiger partial charge in [0, 0.05) is 6.07 Å². The molecule has 0 bridgehead atoms. The maximum absolute atomic E-state index is 12.4. The van der Waals surface area contributed by atoms with Crippen molar-refractivity contribution in [3.8, 4) is 0 Å². The van der Waals surface area contributed by atoms with Gasteiger partial charge in [0.1, 0.15) is 5.58 Å². The lowest BCUT2D eigenvalue weighted by molar-refractivity contribution is 0.500. The van der Waals surface area contributed by atoms with Gasteiger partial charge in [-0.05, 0) is 6.07 Å². The van der Waals surface area contributed by atoms with Gasteiger partial charge >= 0.3 is 6.98 Å². The number of fused-ring (bicyclic) bond motifs is 1. The molecule has 1 heterocycles. The van der Waals surface area contributed by atoms with Crippen LogP contribution in [0, 0.1) is 0 Å². The van der Waals surface area contributed by atoms with E-state index in [0.29, 0.717) is 0 Å². The summed E-state index contributed by atoms with van der Waals surface area (Å²) in [4.78, 5) is 11.2. The van der Waals surface area contributed by atoms with Crippen molar-refractivity contribution < 1.29 is 17.4 Å². The van der Waals surface area contributed by atoms with E-state index < -0.39 is 12.4 Å². The Labute approximate surface area is 82.4 Å². The van der Waals surface area contributed by atoms with Gasteiger partial charge in [-0.2, -0.15) is 0 Å². The van der Waals surface area contributed by atoms with Crippen LogP contribution in [0.15, 0.2) is 39.7 Å². The summed E-state index contributed by atoms with van der Waals surface area (Å²) in [6.45, 7) is -5.06. The maximum atomic E-state index is 12.4. The molecular weight excluding hydrogens is 208 g/mol. The fourth-order valence-corrected chi connectivity index (χ4v) is 1.30. The normalized spacial score (nSPS) is 11.9. The van der Waals surface area contributed by atoms with Crippen LogP contribution in [0.4, 0.5) is 12.9 Å². The van der Waals surface area contributed by atoms with Crippen LogP contribution in [0.3, 0.4) is 0 Å².